The number of carbonyl (C=O) groups excluding carboxylic acids is 1. The molecule has 0 fully saturated rings. The fraction of sp³-hybridized carbons (Fsp3) is 0.182. The Kier molecular flexibility index (Phi) is 6.99. The van der Waals surface area contributed by atoms with Crippen molar-refractivity contribution in [3.05, 3.63) is 109 Å². The standard InChI is InChI=1S/C33H31NO2/c1-3-26(4-2)34-29-20-18-24-14-8-10-16-27(24)32(29)33-28-17-11-9-15-25(28)19-21-30(33)36-31(35)22-23-12-6-5-7-13-23/h5-21,26,34H,3-4,22H2,1-2H3. The fourth-order valence-corrected chi connectivity index (χ4v) is 4.89. The quantitative estimate of drug-likeness (QED) is 0.182. The molecule has 0 saturated heterocycles. The largest absolute Gasteiger partial charge is 0.426 e. The summed E-state index contributed by atoms with van der Waals surface area (Å²) in [6, 6.07) is 35.1. The van der Waals surface area contributed by atoms with E-state index >= 15 is 0 Å². The molecule has 36 heavy (non-hydrogen) atoms. The molecule has 5 aromatic carbocycles. The number of carbonyl (C=O) groups is 1. The molecule has 0 aromatic heterocycles. The van der Waals surface area contributed by atoms with E-state index in [2.05, 4.69) is 67.7 Å². The van der Waals surface area contributed by atoms with Crippen LogP contribution >= 0.6 is 0 Å². The van der Waals surface area contributed by atoms with Crippen LogP contribution in [-0.4, -0.2) is 12.0 Å². The Morgan fingerprint density at radius 3 is 1.94 bits per heavy atom. The predicted molar refractivity (Wildman–Crippen MR) is 151 cm³/mol. The van der Waals surface area contributed by atoms with Gasteiger partial charge in [-0.2, -0.15) is 0 Å². The molecular weight excluding hydrogens is 442 g/mol. The Balaban J connectivity index is 1.71. The molecule has 180 valence electrons. The minimum absolute atomic E-state index is 0.224. The van der Waals surface area contributed by atoms with E-state index < -0.39 is 0 Å². The van der Waals surface area contributed by atoms with Gasteiger partial charge in [0, 0.05) is 22.9 Å². The number of anilines is 1. The van der Waals surface area contributed by atoms with Crippen LogP contribution in [0.25, 0.3) is 32.7 Å². The van der Waals surface area contributed by atoms with Crippen molar-refractivity contribution in [2.24, 2.45) is 0 Å². The van der Waals surface area contributed by atoms with Crippen LogP contribution in [-0.2, 0) is 11.2 Å². The molecule has 0 aliphatic carbocycles. The van der Waals surface area contributed by atoms with E-state index in [0.29, 0.717) is 11.8 Å². The molecule has 1 N–H and O–H groups in total. The molecule has 0 aliphatic rings. The second kappa shape index (κ2) is 10.7. The molecule has 0 bridgehead atoms. The van der Waals surface area contributed by atoms with Crippen LogP contribution in [0.5, 0.6) is 5.75 Å². The fourth-order valence-electron chi connectivity index (χ4n) is 4.89. The number of rotatable bonds is 8. The average Bonchev–Trinajstić information content (AvgIpc) is 2.92. The topological polar surface area (TPSA) is 38.3 Å². The van der Waals surface area contributed by atoms with E-state index in [4.69, 9.17) is 4.74 Å². The van der Waals surface area contributed by atoms with Gasteiger partial charge >= 0.3 is 5.97 Å². The summed E-state index contributed by atoms with van der Waals surface area (Å²) in [6.45, 7) is 4.41. The molecule has 5 rings (SSSR count). The third-order valence-electron chi connectivity index (χ3n) is 6.83. The number of ether oxygens (including phenoxy) is 1. The van der Waals surface area contributed by atoms with Gasteiger partial charge in [0.2, 0.25) is 0 Å². The molecule has 0 amide bonds. The van der Waals surface area contributed by atoms with Gasteiger partial charge in [-0.25, -0.2) is 0 Å². The minimum Gasteiger partial charge on any atom is -0.426 e. The van der Waals surface area contributed by atoms with Crippen LogP contribution < -0.4 is 10.1 Å². The molecule has 3 nitrogen and oxygen atoms in total. The Labute approximate surface area is 212 Å². The van der Waals surface area contributed by atoms with Gasteiger partial charge in [-0.15, -0.1) is 0 Å². The summed E-state index contributed by atoms with van der Waals surface area (Å²) in [4.78, 5) is 13.1. The van der Waals surface area contributed by atoms with Crippen LogP contribution in [0.3, 0.4) is 0 Å². The van der Waals surface area contributed by atoms with Crippen molar-refractivity contribution in [3.63, 3.8) is 0 Å². The number of fused-ring (bicyclic) bond motifs is 2. The highest BCUT2D eigenvalue weighted by molar-refractivity contribution is 6.12. The van der Waals surface area contributed by atoms with Gasteiger partial charge in [0.25, 0.3) is 0 Å². The van der Waals surface area contributed by atoms with Gasteiger partial charge in [-0.1, -0.05) is 105 Å². The van der Waals surface area contributed by atoms with E-state index in [1.165, 1.54) is 0 Å². The van der Waals surface area contributed by atoms with Gasteiger partial charge in [0.05, 0.1) is 6.42 Å². The maximum atomic E-state index is 13.1. The van der Waals surface area contributed by atoms with Crippen molar-refractivity contribution >= 4 is 33.2 Å². The van der Waals surface area contributed by atoms with Crippen LogP contribution in [0.4, 0.5) is 5.69 Å². The average molecular weight is 474 g/mol. The van der Waals surface area contributed by atoms with Crippen molar-refractivity contribution < 1.29 is 9.53 Å². The van der Waals surface area contributed by atoms with E-state index in [0.717, 1.165) is 56.8 Å². The lowest BCUT2D eigenvalue weighted by Gasteiger charge is -2.23. The highest BCUT2D eigenvalue weighted by Crippen LogP contribution is 2.45. The second-order valence-electron chi connectivity index (χ2n) is 9.16. The van der Waals surface area contributed by atoms with Crippen molar-refractivity contribution in [2.45, 2.75) is 39.2 Å². The lowest BCUT2D eigenvalue weighted by atomic mass is 9.91. The van der Waals surface area contributed by atoms with E-state index in [1.807, 2.05) is 54.6 Å². The molecule has 0 unspecified atom stereocenters. The lowest BCUT2D eigenvalue weighted by Crippen LogP contribution is -2.18. The van der Waals surface area contributed by atoms with E-state index in [1.54, 1.807) is 0 Å². The SMILES string of the molecule is CCC(CC)Nc1ccc2ccccc2c1-c1c(OC(=O)Cc2ccccc2)ccc2ccccc12. The smallest absolute Gasteiger partial charge is 0.315 e. The van der Waals surface area contributed by atoms with Gasteiger partial charge in [-0.3, -0.25) is 4.79 Å². The summed E-state index contributed by atoms with van der Waals surface area (Å²) >= 11 is 0. The van der Waals surface area contributed by atoms with Crippen molar-refractivity contribution in [1.82, 2.24) is 0 Å². The maximum absolute atomic E-state index is 13.1. The Hall–Kier alpha value is -4.11. The summed E-state index contributed by atoms with van der Waals surface area (Å²) in [5.74, 6) is 0.311. The highest BCUT2D eigenvalue weighted by atomic mass is 16.5. The second-order valence-corrected chi connectivity index (χ2v) is 9.16. The molecule has 0 atom stereocenters. The zero-order chi connectivity index (χ0) is 24.9. The Morgan fingerprint density at radius 2 is 1.28 bits per heavy atom. The number of benzene rings is 5. The monoisotopic (exact) mass is 473 g/mol. The first kappa shape index (κ1) is 23.6. The van der Waals surface area contributed by atoms with Crippen molar-refractivity contribution in [3.8, 4) is 16.9 Å². The molecular formula is C33H31NO2. The zero-order valence-corrected chi connectivity index (χ0v) is 20.8. The predicted octanol–water partition coefficient (Wildman–Crippen LogP) is 8.41. The summed E-state index contributed by atoms with van der Waals surface area (Å²) in [5, 5.41) is 8.23. The maximum Gasteiger partial charge on any atom is 0.315 e. The molecule has 0 aliphatic heterocycles. The molecule has 0 heterocycles. The Bertz CT molecular complexity index is 1500. The highest BCUT2D eigenvalue weighted by Gasteiger charge is 2.20. The van der Waals surface area contributed by atoms with Crippen LogP contribution in [0.15, 0.2) is 103 Å². The van der Waals surface area contributed by atoms with Gasteiger partial charge in [0.1, 0.15) is 5.75 Å². The molecule has 0 spiro atoms. The summed E-state index contributed by atoms with van der Waals surface area (Å²) in [5.41, 5.74) is 4.00. The summed E-state index contributed by atoms with van der Waals surface area (Å²) in [7, 11) is 0. The first-order chi connectivity index (χ1) is 17.7. The molecule has 0 radical (unpaired) electrons. The molecule has 3 heteroatoms. The molecule has 5 aromatic rings. The number of hydrogen-bond acceptors (Lipinski definition) is 3. The van der Waals surface area contributed by atoms with Gasteiger partial charge < -0.3 is 10.1 Å². The first-order valence-corrected chi connectivity index (χ1v) is 12.7. The summed E-state index contributed by atoms with van der Waals surface area (Å²) in [6.07, 6.45) is 2.27. The van der Waals surface area contributed by atoms with Gasteiger partial charge in [0.15, 0.2) is 0 Å². The number of esters is 1. The van der Waals surface area contributed by atoms with E-state index in [-0.39, 0.29) is 12.4 Å². The normalized spacial score (nSPS) is 11.2. The number of hydrogen-bond donors (Lipinski definition) is 1. The van der Waals surface area contributed by atoms with E-state index in [9.17, 15) is 4.79 Å². The van der Waals surface area contributed by atoms with Crippen LogP contribution in [0, 0.1) is 0 Å². The van der Waals surface area contributed by atoms with Crippen LogP contribution in [0.2, 0.25) is 0 Å². The van der Waals surface area contributed by atoms with Gasteiger partial charge in [-0.05, 0) is 52.1 Å². The first-order valence-electron chi connectivity index (χ1n) is 12.7. The van der Waals surface area contributed by atoms with Crippen LogP contribution in [0.1, 0.15) is 32.3 Å². The summed E-state index contributed by atoms with van der Waals surface area (Å²) < 4.78 is 6.11. The lowest BCUT2D eigenvalue weighted by molar-refractivity contribution is -0.133. The number of nitrogens with one attached hydrogen (secondary N) is 1. The third-order valence-corrected chi connectivity index (χ3v) is 6.83. The zero-order valence-electron chi connectivity index (χ0n) is 20.8. The third kappa shape index (κ3) is 4.83. The van der Waals surface area contributed by atoms with Crippen molar-refractivity contribution in [2.75, 3.05) is 5.32 Å². The minimum atomic E-state index is -0.271. The Morgan fingerprint density at radius 1 is 0.694 bits per heavy atom. The molecule has 0 saturated carbocycles. The van der Waals surface area contributed by atoms with Crippen molar-refractivity contribution in [1.29, 1.82) is 0 Å².